The zero-order valence-corrected chi connectivity index (χ0v) is 11.3. The second-order valence-corrected chi connectivity index (χ2v) is 4.66. The van der Waals surface area contributed by atoms with Gasteiger partial charge < -0.3 is 14.8 Å². The molecule has 3 atom stereocenters. The van der Waals surface area contributed by atoms with E-state index in [4.69, 9.17) is 4.74 Å². The van der Waals surface area contributed by atoms with Crippen molar-refractivity contribution in [2.45, 2.75) is 31.7 Å². The Morgan fingerprint density at radius 1 is 1.52 bits per heavy atom. The maximum Gasteiger partial charge on any atom is 0.330 e. The summed E-state index contributed by atoms with van der Waals surface area (Å²) in [7, 11) is 0. The Bertz CT molecular complexity index is 637. The van der Waals surface area contributed by atoms with E-state index in [2.05, 4.69) is 15.0 Å². The second kappa shape index (κ2) is 6.35. The Labute approximate surface area is 118 Å². The topological polar surface area (TPSA) is 119 Å². The number of carbonyl (C=O) groups is 2. The van der Waals surface area contributed by atoms with Crippen LogP contribution < -0.4 is 16.6 Å². The summed E-state index contributed by atoms with van der Waals surface area (Å²) in [6, 6.07) is -0.397. The molecule has 0 bridgehead atoms. The number of nitrogens with one attached hydrogen (secondary N) is 2. The summed E-state index contributed by atoms with van der Waals surface area (Å²) in [4.78, 5) is 46.2. The smallest absolute Gasteiger partial charge is 0.330 e. The molecule has 1 aliphatic heterocycles. The highest BCUT2D eigenvalue weighted by atomic mass is 16.6. The molecule has 0 spiro atoms. The van der Waals surface area contributed by atoms with Crippen molar-refractivity contribution in [3.8, 4) is 0 Å². The van der Waals surface area contributed by atoms with Crippen LogP contribution in [0.1, 0.15) is 18.2 Å². The third kappa shape index (κ3) is 3.19. The van der Waals surface area contributed by atoms with E-state index >= 15 is 0 Å². The van der Waals surface area contributed by atoms with Crippen LogP contribution in [0.2, 0.25) is 0 Å². The fourth-order valence-electron chi connectivity index (χ4n) is 2.25. The number of hydrogen-bond acceptors (Lipinski definition) is 6. The van der Waals surface area contributed by atoms with E-state index in [0.717, 1.165) is 0 Å². The summed E-state index contributed by atoms with van der Waals surface area (Å²) in [5.74, 6) is 0. The second-order valence-electron chi connectivity index (χ2n) is 4.66. The molecule has 21 heavy (non-hydrogen) atoms. The Hall–Kier alpha value is -2.42. The molecule has 2 rings (SSSR count). The van der Waals surface area contributed by atoms with Crippen molar-refractivity contribution in [2.24, 2.45) is 0 Å². The van der Waals surface area contributed by atoms with E-state index in [0.29, 0.717) is 18.4 Å². The van der Waals surface area contributed by atoms with Crippen LogP contribution in [0, 0.1) is 6.92 Å². The number of aromatic nitrogens is 2. The van der Waals surface area contributed by atoms with E-state index in [1.807, 2.05) is 0 Å². The highest BCUT2D eigenvalue weighted by molar-refractivity contribution is 5.47. The van der Waals surface area contributed by atoms with Gasteiger partial charge in [-0.05, 0) is 6.92 Å². The zero-order valence-electron chi connectivity index (χ0n) is 11.3. The minimum atomic E-state index is -0.661. The summed E-state index contributed by atoms with van der Waals surface area (Å²) in [6.45, 7) is 1.81. The molecule has 2 heterocycles. The fraction of sp³-hybridized carbons (Fsp3) is 0.500. The summed E-state index contributed by atoms with van der Waals surface area (Å²) < 4.78 is 11.5. The van der Waals surface area contributed by atoms with Crippen molar-refractivity contribution < 1.29 is 19.1 Å². The lowest BCUT2D eigenvalue weighted by Crippen LogP contribution is -2.38. The van der Waals surface area contributed by atoms with E-state index in [-0.39, 0.29) is 13.1 Å². The number of H-pyrrole nitrogens is 1. The largest absolute Gasteiger partial charge is 0.465 e. The third-order valence-corrected chi connectivity index (χ3v) is 3.30. The van der Waals surface area contributed by atoms with Gasteiger partial charge in [-0.1, -0.05) is 0 Å². The van der Waals surface area contributed by atoms with Crippen LogP contribution in [-0.2, 0) is 19.1 Å². The molecule has 1 amide bonds. The summed E-state index contributed by atoms with van der Waals surface area (Å²) in [5, 5.41) is 2.56. The van der Waals surface area contributed by atoms with Gasteiger partial charge in [-0.3, -0.25) is 23.9 Å². The lowest BCUT2D eigenvalue weighted by Gasteiger charge is -2.16. The first-order valence-electron chi connectivity index (χ1n) is 6.29. The molecule has 0 radical (unpaired) electrons. The standard InChI is InChI=1S/C12H15N3O6/c1-7-3-15(12(19)14-11(7)18)10-2-8(13-5-16)9(21-10)4-20-6-17/h3,5-6,8-10H,2,4H2,1H3,(H,13,16)(H,14,18,19)/t8-,9+,10+/m0/s1. The van der Waals surface area contributed by atoms with Crippen LogP contribution in [-0.4, -0.2) is 41.2 Å². The van der Waals surface area contributed by atoms with Gasteiger partial charge in [-0.2, -0.15) is 0 Å². The number of aromatic amines is 1. The van der Waals surface area contributed by atoms with Crippen LogP contribution in [0.4, 0.5) is 0 Å². The molecule has 114 valence electrons. The quantitative estimate of drug-likeness (QED) is 0.612. The summed E-state index contributed by atoms with van der Waals surface area (Å²) >= 11 is 0. The van der Waals surface area contributed by atoms with E-state index in [1.165, 1.54) is 10.8 Å². The summed E-state index contributed by atoms with van der Waals surface area (Å²) in [6.07, 6.45) is 1.00. The van der Waals surface area contributed by atoms with Crippen molar-refractivity contribution >= 4 is 12.9 Å². The van der Waals surface area contributed by atoms with Crippen LogP contribution >= 0.6 is 0 Å². The van der Waals surface area contributed by atoms with Crippen molar-refractivity contribution in [1.29, 1.82) is 0 Å². The van der Waals surface area contributed by atoms with Crippen LogP contribution in [0.15, 0.2) is 15.8 Å². The molecule has 0 aliphatic carbocycles. The number of carbonyl (C=O) groups excluding carboxylic acids is 2. The number of nitrogens with zero attached hydrogens (tertiary/aromatic N) is 1. The molecule has 1 aromatic rings. The average molecular weight is 297 g/mol. The number of hydrogen-bond donors (Lipinski definition) is 2. The highest BCUT2D eigenvalue weighted by Gasteiger charge is 2.37. The van der Waals surface area contributed by atoms with E-state index in [9.17, 15) is 19.2 Å². The first-order valence-corrected chi connectivity index (χ1v) is 6.29. The van der Waals surface area contributed by atoms with Gasteiger partial charge in [0.05, 0.1) is 6.04 Å². The molecule has 1 fully saturated rings. The minimum absolute atomic E-state index is 0.0391. The van der Waals surface area contributed by atoms with Gasteiger partial charge in [-0.15, -0.1) is 0 Å². The van der Waals surface area contributed by atoms with Gasteiger partial charge in [-0.25, -0.2) is 4.79 Å². The maximum atomic E-state index is 11.8. The van der Waals surface area contributed by atoms with E-state index < -0.39 is 29.6 Å². The molecule has 1 aromatic heterocycles. The van der Waals surface area contributed by atoms with Gasteiger partial charge in [0.2, 0.25) is 6.41 Å². The Morgan fingerprint density at radius 2 is 2.29 bits per heavy atom. The first kappa shape index (κ1) is 15.0. The molecule has 9 nitrogen and oxygen atoms in total. The fourth-order valence-corrected chi connectivity index (χ4v) is 2.25. The van der Waals surface area contributed by atoms with Gasteiger partial charge in [0.25, 0.3) is 12.0 Å². The van der Waals surface area contributed by atoms with Crippen molar-refractivity contribution in [3.05, 3.63) is 32.6 Å². The SMILES string of the molecule is Cc1cn([C@H]2C[C@H](NC=O)[C@@H](COC=O)O2)c(=O)[nH]c1=O. The average Bonchev–Trinajstić information content (AvgIpc) is 2.84. The number of ether oxygens (including phenoxy) is 2. The molecular weight excluding hydrogens is 282 g/mol. The lowest BCUT2D eigenvalue weighted by molar-refractivity contribution is -0.133. The van der Waals surface area contributed by atoms with E-state index in [1.54, 1.807) is 6.92 Å². The van der Waals surface area contributed by atoms with Crippen molar-refractivity contribution in [2.75, 3.05) is 6.61 Å². The minimum Gasteiger partial charge on any atom is -0.465 e. The molecule has 9 heteroatoms. The van der Waals surface area contributed by atoms with Gasteiger partial charge in [0.15, 0.2) is 0 Å². The predicted molar refractivity (Wildman–Crippen MR) is 69.6 cm³/mol. The Kier molecular flexibility index (Phi) is 4.53. The molecular formula is C12H15N3O6. The van der Waals surface area contributed by atoms with Gasteiger partial charge in [0.1, 0.15) is 18.9 Å². The molecule has 1 aliphatic rings. The van der Waals surface area contributed by atoms with Gasteiger partial charge in [0, 0.05) is 18.2 Å². The molecule has 0 aromatic carbocycles. The predicted octanol–water partition coefficient (Wildman–Crippen LogP) is -1.58. The third-order valence-electron chi connectivity index (χ3n) is 3.30. The highest BCUT2D eigenvalue weighted by Crippen LogP contribution is 2.27. The number of amides is 1. The van der Waals surface area contributed by atoms with Gasteiger partial charge >= 0.3 is 5.69 Å². The van der Waals surface area contributed by atoms with Crippen LogP contribution in [0.25, 0.3) is 0 Å². The molecule has 0 saturated carbocycles. The number of aryl methyl sites for hydroxylation is 1. The molecule has 0 unspecified atom stereocenters. The maximum absolute atomic E-state index is 11.8. The molecule has 2 N–H and O–H groups in total. The van der Waals surface area contributed by atoms with Crippen LogP contribution in [0.5, 0.6) is 0 Å². The summed E-state index contributed by atoms with van der Waals surface area (Å²) in [5.41, 5.74) is -0.694. The van der Waals surface area contributed by atoms with Crippen molar-refractivity contribution in [3.63, 3.8) is 0 Å². The Balaban J connectivity index is 2.23. The number of rotatable bonds is 6. The van der Waals surface area contributed by atoms with Crippen LogP contribution in [0.3, 0.4) is 0 Å². The molecule has 1 saturated heterocycles. The lowest BCUT2D eigenvalue weighted by atomic mass is 10.1. The van der Waals surface area contributed by atoms with Crippen molar-refractivity contribution in [1.82, 2.24) is 14.9 Å². The monoisotopic (exact) mass is 297 g/mol. The zero-order chi connectivity index (χ0) is 15.4. The first-order chi connectivity index (χ1) is 10.1. The normalized spacial score (nSPS) is 24.5. The Morgan fingerprint density at radius 3 is 2.95 bits per heavy atom.